The Morgan fingerprint density at radius 3 is 2.67 bits per heavy atom. The number of halogens is 3. The fourth-order valence-corrected chi connectivity index (χ4v) is 2.50. The summed E-state index contributed by atoms with van der Waals surface area (Å²) >= 11 is 12.0. The van der Waals surface area contributed by atoms with Crippen molar-refractivity contribution in [3.05, 3.63) is 52.4 Å². The lowest BCUT2D eigenvalue weighted by atomic mass is 10.1. The van der Waals surface area contributed by atoms with Crippen LogP contribution in [0.4, 0.5) is 4.39 Å². The van der Waals surface area contributed by atoms with Crippen molar-refractivity contribution < 1.29 is 9.13 Å². The van der Waals surface area contributed by atoms with Crippen molar-refractivity contribution in [2.75, 3.05) is 7.11 Å². The zero-order valence-electron chi connectivity index (χ0n) is 10.9. The molecule has 0 spiro atoms. The normalized spacial score (nSPS) is 10.9. The van der Waals surface area contributed by atoms with Crippen LogP contribution in [0.5, 0.6) is 5.75 Å². The van der Waals surface area contributed by atoms with E-state index in [4.69, 9.17) is 27.9 Å². The Kier molecular flexibility index (Phi) is 3.66. The first kappa shape index (κ1) is 14.0. The summed E-state index contributed by atoms with van der Waals surface area (Å²) in [6, 6.07) is 9.66. The first-order chi connectivity index (χ1) is 10.1. The molecule has 0 amide bonds. The van der Waals surface area contributed by atoms with Gasteiger partial charge in [0.15, 0.2) is 5.82 Å². The molecule has 0 saturated heterocycles. The molecule has 0 atom stereocenters. The predicted molar refractivity (Wildman–Crippen MR) is 81.5 cm³/mol. The van der Waals surface area contributed by atoms with Gasteiger partial charge in [-0.3, -0.25) is 0 Å². The molecule has 3 aromatic rings. The molecule has 0 unspecified atom stereocenters. The third-order valence-electron chi connectivity index (χ3n) is 3.03. The maximum Gasteiger partial charge on any atom is 0.165 e. The predicted octanol–water partition coefficient (Wildman–Crippen LogP) is 4.75. The highest BCUT2D eigenvalue weighted by molar-refractivity contribution is 6.34. The molecule has 3 nitrogen and oxygen atoms in total. The summed E-state index contributed by atoms with van der Waals surface area (Å²) in [4.78, 5) is 8.51. The highest BCUT2D eigenvalue weighted by Crippen LogP contribution is 2.33. The molecular formula is C15H9Cl2FN2O. The molecule has 0 aliphatic carbocycles. The van der Waals surface area contributed by atoms with E-state index < -0.39 is 5.82 Å². The summed E-state index contributed by atoms with van der Waals surface area (Å²) in [5, 5.41) is 0.800. The second kappa shape index (κ2) is 5.47. The summed E-state index contributed by atoms with van der Waals surface area (Å²) in [7, 11) is 1.53. The summed E-state index contributed by atoms with van der Waals surface area (Å²) in [5.41, 5.74) is 1.07. The van der Waals surface area contributed by atoms with Crippen LogP contribution in [0.2, 0.25) is 10.2 Å². The second-order valence-corrected chi connectivity index (χ2v) is 5.11. The molecule has 6 heteroatoms. The molecule has 0 N–H and O–H groups in total. The van der Waals surface area contributed by atoms with Gasteiger partial charge in [0.2, 0.25) is 0 Å². The smallest absolute Gasteiger partial charge is 0.165 e. The van der Waals surface area contributed by atoms with Crippen molar-refractivity contribution in [1.29, 1.82) is 0 Å². The van der Waals surface area contributed by atoms with E-state index in [9.17, 15) is 4.39 Å². The average molecular weight is 323 g/mol. The van der Waals surface area contributed by atoms with E-state index >= 15 is 0 Å². The van der Waals surface area contributed by atoms with E-state index in [1.165, 1.54) is 13.2 Å². The monoisotopic (exact) mass is 322 g/mol. The van der Waals surface area contributed by atoms with Gasteiger partial charge in [0.25, 0.3) is 0 Å². The van der Waals surface area contributed by atoms with Gasteiger partial charge in [-0.2, -0.15) is 0 Å². The minimum atomic E-state index is -0.452. The number of nitrogens with zero attached hydrogens (tertiary/aromatic N) is 2. The van der Waals surface area contributed by atoms with Crippen LogP contribution < -0.4 is 4.74 Å². The van der Waals surface area contributed by atoms with Crippen molar-refractivity contribution in [2.24, 2.45) is 0 Å². The van der Waals surface area contributed by atoms with Crippen LogP contribution in [-0.2, 0) is 0 Å². The standard InChI is InChI=1S/C15H9Cl2FN2O/c1-21-12-7-8(16)5-6-9(12)15-19-11-4-2-3-10(18)13(11)14(17)20-15/h2-7H,1H3. The summed E-state index contributed by atoms with van der Waals surface area (Å²) in [5.74, 6) is 0.424. The molecule has 3 rings (SSSR count). The van der Waals surface area contributed by atoms with E-state index in [1.54, 1.807) is 30.3 Å². The molecule has 21 heavy (non-hydrogen) atoms. The number of hydrogen-bond acceptors (Lipinski definition) is 3. The van der Waals surface area contributed by atoms with Crippen molar-refractivity contribution in [1.82, 2.24) is 9.97 Å². The number of fused-ring (bicyclic) bond motifs is 1. The van der Waals surface area contributed by atoms with Gasteiger partial charge >= 0.3 is 0 Å². The number of aromatic nitrogens is 2. The molecule has 2 aromatic carbocycles. The molecular weight excluding hydrogens is 314 g/mol. The van der Waals surface area contributed by atoms with Crippen LogP contribution in [0, 0.1) is 5.82 Å². The third-order valence-corrected chi connectivity index (χ3v) is 3.54. The lowest BCUT2D eigenvalue weighted by molar-refractivity contribution is 0.416. The van der Waals surface area contributed by atoms with Gasteiger partial charge in [0.05, 0.1) is 23.6 Å². The SMILES string of the molecule is COc1cc(Cl)ccc1-c1nc(Cl)c2c(F)cccc2n1. The number of hydrogen-bond donors (Lipinski definition) is 0. The molecule has 0 saturated carbocycles. The van der Waals surface area contributed by atoms with Crippen molar-refractivity contribution in [3.63, 3.8) is 0 Å². The quantitative estimate of drug-likeness (QED) is 0.638. The Morgan fingerprint density at radius 2 is 1.90 bits per heavy atom. The van der Waals surface area contributed by atoms with E-state index in [0.29, 0.717) is 27.7 Å². The van der Waals surface area contributed by atoms with Gasteiger partial charge in [0.1, 0.15) is 16.7 Å². The lowest BCUT2D eigenvalue weighted by Crippen LogP contribution is -1.96. The van der Waals surface area contributed by atoms with E-state index in [2.05, 4.69) is 9.97 Å². The number of benzene rings is 2. The van der Waals surface area contributed by atoms with Crippen LogP contribution in [-0.4, -0.2) is 17.1 Å². The average Bonchev–Trinajstić information content (AvgIpc) is 2.46. The fraction of sp³-hybridized carbons (Fsp3) is 0.0667. The summed E-state index contributed by atoms with van der Waals surface area (Å²) in [6.45, 7) is 0. The van der Waals surface area contributed by atoms with Crippen LogP contribution in [0.25, 0.3) is 22.3 Å². The Bertz CT molecular complexity index is 839. The maximum atomic E-state index is 13.8. The maximum absolute atomic E-state index is 13.8. The first-order valence-electron chi connectivity index (χ1n) is 6.06. The lowest BCUT2D eigenvalue weighted by Gasteiger charge is -2.09. The Labute approximate surface area is 130 Å². The largest absolute Gasteiger partial charge is 0.496 e. The van der Waals surface area contributed by atoms with Crippen LogP contribution >= 0.6 is 23.2 Å². The summed E-state index contributed by atoms with van der Waals surface area (Å²) < 4.78 is 19.0. The number of rotatable bonds is 2. The van der Waals surface area contributed by atoms with Crippen LogP contribution in [0.15, 0.2) is 36.4 Å². The Hall–Kier alpha value is -1.91. The molecule has 0 aliphatic heterocycles. The second-order valence-electron chi connectivity index (χ2n) is 4.32. The fourth-order valence-electron chi connectivity index (χ4n) is 2.07. The molecule has 0 aliphatic rings. The number of ether oxygens (including phenoxy) is 1. The molecule has 1 aromatic heterocycles. The van der Waals surface area contributed by atoms with E-state index in [1.807, 2.05) is 0 Å². The van der Waals surface area contributed by atoms with Crippen LogP contribution in [0.1, 0.15) is 0 Å². The minimum absolute atomic E-state index is 0.0603. The van der Waals surface area contributed by atoms with E-state index in [0.717, 1.165) is 0 Å². The van der Waals surface area contributed by atoms with E-state index in [-0.39, 0.29) is 10.5 Å². The molecule has 0 bridgehead atoms. The van der Waals surface area contributed by atoms with Crippen molar-refractivity contribution >= 4 is 34.1 Å². The highest BCUT2D eigenvalue weighted by atomic mass is 35.5. The zero-order chi connectivity index (χ0) is 15.0. The molecule has 106 valence electrons. The van der Waals surface area contributed by atoms with Gasteiger partial charge in [-0.05, 0) is 30.3 Å². The Morgan fingerprint density at radius 1 is 1.10 bits per heavy atom. The number of methoxy groups -OCH3 is 1. The topological polar surface area (TPSA) is 35.0 Å². The van der Waals surface area contributed by atoms with Gasteiger partial charge < -0.3 is 4.74 Å². The van der Waals surface area contributed by atoms with Gasteiger partial charge in [-0.25, -0.2) is 14.4 Å². The Balaban J connectivity index is 2.27. The van der Waals surface area contributed by atoms with Gasteiger partial charge in [0, 0.05) is 5.02 Å². The van der Waals surface area contributed by atoms with Gasteiger partial charge in [-0.1, -0.05) is 29.3 Å². The first-order valence-corrected chi connectivity index (χ1v) is 6.81. The molecule has 0 fully saturated rings. The van der Waals surface area contributed by atoms with Crippen molar-refractivity contribution in [2.45, 2.75) is 0 Å². The van der Waals surface area contributed by atoms with Crippen molar-refractivity contribution in [3.8, 4) is 17.1 Å². The molecule has 1 heterocycles. The molecule has 0 radical (unpaired) electrons. The zero-order valence-corrected chi connectivity index (χ0v) is 12.4. The minimum Gasteiger partial charge on any atom is -0.496 e. The third kappa shape index (κ3) is 2.52. The van der Waals surface area contributed by atoms with Gasteiger partial charge in [-0.15, -0.1) is 0 Å². The summed E-state index contributed by atoms with van der Waals surface area (Å²) in [6.07, 6.45) is 0. The van der Waals surface area contributed by atoms with Crippen LogP contribution in [0.3, 0.4) is 0 Å². The highest BCUT2D eigenvalue weighted by Gasteiger charge is 2.14.